The molecule has 1 aliphatic heterocycles. The van der Waals surface area contributed by atoms with Crippen LogP contribution in [0.2, 0.25) is 5.02 Å². The monoisotopic (exact) mass is 353 g/mol. The van der Waals surface area contributed by atoms with Crippen LogP contribution >= 0.6 is 11.6 Å². The number of aryl methyl sites for hydroxylation is 1. The lowest BCUT2D eigenvalue weighted by atomic mass is 9.94. The zero-order valence-corrected chi connectivity index (χ0v) is 14.9. The molecule has 6 heteroatoms. The molecule has 3 heterocycles. The largest absolute Gasteiger partial charge is 0.317 e. The molecule has 1 aliphatic rings. The second-order valence-corrected chi connectivity index (χ2v) is 6.87. The number of piperidine rings is 1. The first-order chi connectivity index (χ1) is 12.2. The van der Waals surface area contributed by atoms with Crippen LogP contribution in [0.25, 0.3) is 17.1 Å². The van der Waals surface area contributed by atoms with Crippen LogP contribution in [0.1, 0.15) is 30.1 Å². The van der Waals surface area contributed by atoms with Crippen molar-refractivity contribution in [2.75, 3.05) is 13.1 Å². The highest BCUT2D eigenvalue weighted by Crippen LogP contribution is 2.30. The molecule has 0 atom stereocenters. The molecule has 0 spiro atoms. The third-order valence-corrected chi connectivity index (χ3v) is 4.88. The zero-order valence-electron chi connectivity index (χ0n) is 14.1. The highest BCUT2D eigenvalue weighted by Gasteiger charge is 2.21. The predicted octanol–water partition coefficient (Wildman–Crippen LogP) is 3.76. The Bertz CT molecular complexity index is 786. The summed E-state index contributed by atoms with van der Waals surface area (Å²) in [6.07, 6.45) is 2.22. The maximum atomic E-state index is 6.05. The molecule has 2 aromatic heterocycles. The lowest BCUT2D eigenvalue weighted by Crippen LogP contribution is -2.26. The van der Waals surface area contributed by atoms with Crippen molar-refractivity contribution in [1.82, 2.24) is 25.3 Å². The second kappa shape index (κ2) is 6.94. The molecule has 0 bridgehead atoms. The molecule has 0 amide bonds. The van der Waals surface area contributed by atoms with E-state index in [1.54, 1.807) is 0 Å². The molecule has 1 aromatic carbocycles. The first-order valence-corrected chi connectivity index (χ1v) is 8.96. The van der Waals surface area contributed by atoms with Gasteiger partial charge in [-0.2, -0.15) is 10.2 Å². The summed E-state index contributed by atoms with van der Waals surface area (Å²) in [6, 6.07) is 13.9. The number of halogens is 1. The molecule has 3 aromatic rings. The van der Waals surface area contributed by atoms with Crippen molar-refractivity contribution in [2.24, 2.45) is 0 Å². The number of aromatic nitrogens is 4. The highest BCUT2D eigenvalue weighted by molar-refractivity contribution is 6.30. The summed E-state index contributed by atoms with van der Waals surface area (Å²) >= 11 is 6.05. The number of benzene rings is 1. The molecule has 0 aliphatic carbocycles. The van der Waals surface area contributed by atoms with Crippen molar-refractivity contribution in [3.8, 4) is 17.1 Å². The highest BCUT2D eigenvalue weighted by atomic mass is 35.5. The van der Waals surface area contributed by atoms with E-state index in [0.29, 0.717) is 5.92 Å². The summed E-state index contributed by atoms with van der Waals surface area (Å²) in [7, 11) is 0. The molecule has 1 fully saturated rings. The van der Waals surface area contributed by atoms with Gasteiger partial charge in [0.25, 0.3) is 0 Å². The van der Waals surface area contributed by atoms with E-state index >= 15 is 0 Å². The smallest absolute Gasteiger partial charge is 0.176 e. The van der Waals surface area contributed by atoms with Gasteiger partial charge in [0.15, 0.2) is 5.82 Å². The second-order valence-electron chi connectivity index (χ2n) is 6.43. The van der Waals surface area contributed by atoms with Gasteiger partial charge in [0.1, 0.15) is 0 Å². The fraction of sp³-hybridized carbons (Fsp3) is 0.316. The number of nitrogens with zero attached hydrogens (tertiary/aromatic N) is 4. The summed E-state index contributed by atoms with van der Waals surface area (Å²) in [5, 5.41) is 17.5. The van der Waals surface area contributed by atoms with Gasteiger partial charge in [-0.25, -0.2) is 4.68 Å². The van der Waals surface area contributed by atoms with Gasteiger partial charge in [-0.3, -0.25) is 0 Å². The van der Waals surface area contributed by atoms with Crippen molar-refractivity contribution < 1.29 is 0 Å². The number of hydrogen-bond donors (Lipinski definition) is 1. The van der Waals surface area contributed by atoms with Crippen LogP contribution in [-0.4, -0.2) is 33.1 Å². The van der Waals surface area contributed by atoms with Gasteiger partial charge < -0.3 is 5.32 Å². The van der Waals surface area contributed by atoms with Crippen molar-refractivity contribution in [3.63, 3.8) is 0 Å². The van der Waals surface area contributed by atoms with E-state index in [2.05, 4.69) is 21.6 Å². The lowest BCUT2D eigenvalue weighted by Gasteiger charge is -2.20. The van der Waals surface area contributed by atoms with Crippen molar-refractivity contribution in [1.29, 1.82) is 0 Å². The molecule has 0 saturated carbocycles. The SMILES string of the molecule is Cc1ccc(-n2nc(C3CCNCC3)cc2-c2ccc(Cl)cc2)nn1. The van der Waals surface area contributed by atoms with Gasteiger partial charge in [-0.1, -0.05) is 23.7 Å². The minimum Gasteiger partial charge on any atom is -0.317 e. The predicted molar refractivity (Wildman–Crippen MR) is 99.2 cm³/mol. The van der Waals surface area contributed by atoms with E-state index in [9.17, 15) is 0 Å². The Balaban J connectivity index is 1.80. The average molecular weight is 354 g/mol. The minimum atomic E-state index is 0.479. The molecule has 5 nitrogen and oxygen atoms in total. The number of rotatable bonds is 3. The fourth-order valence-corrected chi connectivity index (χ4v) is 3.35. The van der Waals surface area contributed by atoms with Gasteiger partial charge in [0.05, 0.1) is 17.1 Å². The normalized spacial score (nSPS) is 15.4. The molecule has 0 radical (unpaired) electrons. The van der Waals surface area contributed by atoms with Crippen molar-refractivity contribution in [3.05, 3.63) is 58.9 Å². The summed E-state index contributed by atoms with van der Waals surface area (Å²) in [5.74, 6) is 1.21. The van der Waals surface area contributed by atoms with Crippen molar-refractivity contribution in [2.45, 2.75) is 25.7 Å². The Morgan fingerprint density at radius 1 is 1.04 bits per heavy atom. The minimum absolute atomic E-state index is 0.479. The van der Waals surface area contributed by atoms with Crippen LogP contribution in [0.3, 0.4) is 0 Å². The van der Waals surface area contributed by atoms with Gasteiger partial charge in [0.2, 0.25) is 0 Å². The van der Waals surface area contributed by atoms with Crippen LogP contribution in [0.4, 0.5) is 0 Å². The Hall–Kier alpha value is -2.24. The molecule has 25 heavy (non-hydrogen) atoms. The van der Waals surface area contributed by atoms with E-state index in [1.165, 1.54) is 0 Å². The lowest BCUT2D eigenvalue weighted by molar-refractivity contribution is 0.451. The van der Waals surface area contributed by atoms with Crippen LogP contribution in [0, 0.1) is 6.92 Å². The average Bonchev–Trinajstić information content (AvgIpc) is 3.09. The van der Waals surface area contributed by atoms with Gasteiger partial charge >= 0.3 is 0 Å². The van der Waals surface area contributed by atoms with E-state index in [0.717, 1.165) is 59.4 Å². The molecule has 0 unspecified atom stereocenters. The molecular formula is C19H20ClN5. The Kier molecular flexibility index (Phi) is 4.51. The van der Waals surface area contributed by atoms with E-state index < -0.39 is 0 Å². The topological polar surface area (TPSA) is 55.6 Å². The summed E-state index contributed by atoms with van der Waals surface area (Å²) in [5.41, 5.74) is 4.10. The van der Waals surface area contributed by atoms with Gasteiger partial charge in [-0.05, 0) is 63.2 Å². The van der Waals surface area contributed by atoms with Crippen LogP contribution < -0.4 is 5.32 Å². The van der Waals surface area contributed by atoms with E-state index in [-0.39, 0.29) is 0 Å². The Labute approximate surface area is 152 Å². The van der Waals surface area contributed by atoms with Crippen LogP contribution in [0.15, 0.2) is 42.5 Å². The molecule has 128 valence electrons. The maximum Gasteiger partial charge on any atom is 0.176 e. The standard InChI is InChI=1S/C19H20ClN5/c1-13-2-7-19(23-22-13)25-18(15-3-5-16(20)6-4-15)12-17(24-25)14-8-10-21-11-9-14/h2-7,12,14,21H,8-11H2,1H3. The van der Waals surface area contributed by atoms with Gasteiger partial charge in [0, 0.05) is 16.5 Å². The number of nitrogens with one attached hydrogen (secondary N) is 1. The fourth-order valence-electron chi connectivity index (χ4n) is 3.22. The molecule has 4 rings (SSSR count). The molecular weight excluding hydrogens is 334 g/mol. The Morgan fingerprint density at radius 2 is 1.80 bits per heavy atom. The molecule has 1 N–H and O–H groups in total. The third kappa shape index (κ3) is 3.43. The van der Waals surface area contributed by atoms with E-state index in [1.807, 2.05) is 48.0 Å². The quantitative estimate of drug-likeness (QED) is 0.779. The summed E-state index contributed by atoms with van der Waals surface area (Å²) < 4.78 is 1.90. The van der Waals surface area contributed by atoms with Crippen LogP contribution in [-0.2, 0) is 0 Å². The number of hydrogen-bond acceptors (Lipinski definition) is 4. The van der Waals surface area contributed by atoms with Gasteiger partial charge in [-0.15, -0.1) is 5.10 Å². The summed E-state index contributed by atoms with van der Waals surface area (Å²) in [6.45, 7) is 4.01. The van der Waals surface area contributed by atoms with Crippen molar-refractivity contribution >= 4 is 11.6 Å². The first kappa shape index (κ1) is 16.2. The summed E-state index contributed by atoms with van der Waals surface area (Å²) in [4.78, 5) is 0. The Morgan fingerprint density at radius 3 is 2.48 bits per heavy atom. The van der Waals surface area contributed by atoms with Crippen LogP contribution in [0.5, 0.6) is 0 Å². The molecule has 1 saturated heterocycles. The van der Waals surface area contributed by atoms with E-state index in [4.69, 9.17) is 16.7 Å². The third-order valence-electron chi connectivity index (χ3n) is 4.63. The maximum absolute atomic E-state index is 6.05. The zero-order chi connectivity index (χ0) is 17.2. The first-order valence-electron chi connectivity index (χ1n) is 8.58.